The van der Waals surface area contributed by atoms with Gasteiger partial charge in [0.15, 0.2) is 11.5 Å². The van der Waals surface area contributed by atoms with Crippen LogP contribution in [0, 0.1) is 11.7 Å². The Kier molecular flexibility index (Phi) is 5.28. The number of para-hydroxylation sites is 1. The normalized spacial score (nSPS) is 21.5. The minimum Gasteiger partial charge on any atom is -0.364 e. The minimum atomic E-state index is -0.716. The molecule has 8 nitrogen and oxygen atoms in total. The molecule has 1 aromatic heterocycles. The fraction of sp³-hybridized carbons (Fsp3) is 0.304. The second-order valence-electron chi connectivity index (χ2n) is 8.45. The Bertz CT molecular complexity index is 1290. The molecule has 3 atom stereocenters. The summed E-state index contributed by atoms with van der Waals surface area (Å²) in [6.07, 6.45) is 2.34. The predicted molar refractivity (Wildman–Crippen MR) is 120 cm³/mol. The number of anilines is 1. The second kappa shape index (κ2) is 8.15. The first-order chi connectivity index (χ1) is 15.8. The van der Waals surface area contributed by atoms with Gasteiger partial charge in [-0.05, 0) is 43.4 Å². The number of nitrogens with two attached hydrogens (primary N) is 1. The third-order valence-corrected chi connectivity index (χ3v) is 6.82. The zero-order valence-corrected chi connectivity index (χ0v) is 18.3. The van der Waals surface area contributed by atoms with Crippen LogP contribution in [0.15, 0.2) is 42.5 Å². The monoisotopic (exact) mass is 469 g/mol. The van der Waals surface area contributed by atoms with E-state index in [0.29, 0.717) is 17.3 Å². The second-order valence-corrected chi connectivity index (χ2v) is 8.86. The van der Waals surface area contributed by atoms with Gasteiger partial charge in [-0.1, -0.05) is 35.9 Å². The lowest BCUT2D eigenvalue weighted by atomic mass is 9.97. The average Bonchev–Trinajstić information content (AvgIpc) is 3.50. The number of likely N-dealkylation sites (tertiary alicyclic amines) is 1. The summed E-state index contributed by atoms with van der Waals surface area (Å²) in [5.74, 6) is -2.14. The number of piperidine rings is 1. The van der Waals surface area contributed by atoms with Crippen molar-refractivity contribution in [3.05, 3.63) is 59.0 Å². The van der Waals surface area contributed by atoms with Gasteiger partial charge in [-0.3, -0.25) is 19.1 Å². The number of amides is 3. The van der Waals surface area contributed by atoms with E-state index in [1.54, 1.807) is 35.2 Å². The Hall–Kier alpha value is -3.46. The predicted octanol–water partition coefficient (Wildman–Crippen LogP) is 2.95. The Morgan fingerprint density at radius 3 is 2.73 bits per heavy atom. The molecule has 10 heteroatoms. The highest BCUT2D eigenvalue weighted by molar-refractivity contribution is 6.31. The summed E-state index contributed by atoms with van der Waals surface area (Å²) in [4.78, 5) is 39.9. The smallest absolute Gasteiger partial charge is 0.269 e. The van der Waals surface area contributed by atoms with Crippen molar-refractivity contribution in [2.24, 2.45) is 11.7 Å². The molecule has 3 N–H and O–H groups in total. The molecule has 0 spiro atoms. The van der Waals surface area contributed by atoms with Gasteiger partial charge in [0.2, 0.25) is 11.8 Å². The zero-order chi connectivity index (χ0) is 23.3. The fourth-order valence-corrected chi connectivity index (χ4v) is 5.31. The fourth-order valence-electron chi connectivity index (χ4n) is 5.13. The number of hydrogen-bond donors (Lipinski definition) is 2. The lowest BCUT2D eigenvalue weighted by molar-refractivity contribution is -0.141. The maximum atomic E-state index is 14.3. The maximum absolute atomic E-state index is 14.3. The Balaban J connectivity index is 1.41. The number of halogens is 2. The van der Waals surface area contributed by atoms with Crippen molar-refractivity contribution in [3.8, 4) is 0 Å². The molecule has 2 heterocycles. The molecule has 0 radical (unpaired) electrons. The molecule has 1 aliphatic carbocycles. The molecule has 3 aromatic rings. The Morgan fingerprint density at radius 2 is 1.94 bits per heavy atom. The van der Waals surface area contributed by atoms with Crippen LogP contribution in [0.1, 0.15) is 29.8 Å². The van der Waals surface area contributed by atoms with E-state index in [2.05, 4.69) is 10.4 Å². The van der Waals surface area contributed by atoms with E-state index < -0.39 is 23.7 Å². The first-order valence-electron chi connectivity index (χ1n) is 10.7. The van der Waals surface area contributed by atoms with Crippen molar-refractivity contribution >= 4 is 45.9 Å². The number of fused-ring (bicyclic) bond motifs is 3. The molecule has 5 rings (SSSR count). The van der Waals surface area contributed by atoms with Crippen molar-refractivity contribution < 1.29 is 18.8 Å². The molecule has 170 valence electrons. The molecule has 3 amide bonds. The topological polar surface area (TPSA) is 110 Å². The van der Waals surface area contributed by atoms with E-state index in [9.17, 15) is 18.8 Å². The maximum Gasteiger partial charge on any atom is 0.269 e. The number of hydrogen-bond acceptors (Lipinski definition) is 4. The van der Waals surface area contributed by atoms with Gasteiger partial charge >= 0.3 is 0 Å². The van der Waals surface area contributed by atoms with Gasteiger partial charge in [0, 0.05) is 11.4 Å². The number of aromatic nitrogens is 2. The van der Waals surface area contributed by atoms with Gasteiger partial charge in [0.05, 0.1) is 16.2 Å². The molecule has 1 unspecified atom stereocenters. The SMILES string of the molecule is NC(=O)c1nn(CC(=O)N2C(C(=O)Nc3cccc(Cl)c3F)[C@H]3CC[C@@H]2C3)c2ccccc12. The van der Waals surface area contributed by atoms with Gasteiger partial charge in [-0.25, -0.2) is 4.39 Å². The van der Waals surface area contributed by atoms with Gasteiger partial charge in [-0.2, -0.15) is 5.10 Å². The molecule has 2 fully saturated rings. The summed E-state index contributed by atoms with van der Waals surface area (Å²) in [6, 6.07) is 10.6. The summed E-state index contributed by atoms with van der Waals surface area (Å²) in [6.45, 7) is -0.147. The van der Waals surface area contributed by atoms with Crippen LogP contribution in [0.5, 0.6) is 0 Å². The van der Waals surface area contributed by atoms with E-state index in [4.69, 9.17) is 17.3 Å². The van der Waals surface area contributed by atoms with E-state index in [0.717, 1.165) is 12.8 Å². The van der Waals surface area contributed by atoms with E-state index in [1.807, 2.05) is 0 Å². The highest BCUT2D eigenvalue weighted by Gasteiger charge is 2.51. The standard InChI is InChI=1S/C23H21ClFN5O3/c24-15-5-3-6-16(19(15)25)27-23(33)21-12-8-9-13(10-12)30(21)18(31)11-29-17-7-2-1-4-14(17)20(28-29)22(26)32/h1-7,12-13,21H,8-11H2,(H2,26,32)(H,27,33)/t12-,13+,21?/m0/s1. The first kappa shape index (κ1) is 21.4. The van der Waals surface area contributed by atoms with Crippen LogP contribution in [0.25, 0.3) is 10.9 Å². The van der Waals surface area contributed by atoms with Crippen LogP contribution >= 0.6 is 11.6 Å². The summed E-state index contributed by atoms with van der Waals surface area (Å²) >= 11 is 5.83. The third kappa shape index (κ3) is 3.62. The molecule has 2 bridgehead atoms. The number of carbonyl (C=O) groups is 3. The van der Waals surface area contributed by atoms with Crippen molar-refractivity contribution in [2.45, 2.75) is 37.9 Å². The average molecular weight is 470 g/mol. The van der Waals surface area contributed by atoms with Crippen LogP contribution in [0.2, 0.25) is 5.02 Å². The largest absolute Gasteiger partial charge is 0.364 e. The highest BCUT2D eigenvalue weighted by Crippen LogP contribution is 2.43. The molecule has 1 saturated heterocycles. The van der Waals surface area contributed by atoms with E-state index in [1.165, 1.54) is 16.8 Å². The minimum absolute atomic E-state index is 0.00302. The summed E-state index contributed by atoms with van der Waals surface area (Å²) in [7, 11) is 0. The van der Waals surface area contributed by atoms with Crippen LogP contribution in [0.4, 0.5) is 10.1 Å². The van der Waals surface area contributed by atoms with Crippen LogP contribution in [-0.2, 0) is 16.1 Å². The number of benzene rings is 2. The van der Waals surface area contributed by atoms with Crippen molar-refractivity contribution in [2.75, 3.05) is 5.32 Å². The molecule has 1 saturated carbocycles. The molecular formula is C23H21ClFN5O3. The summed E-state index contributed by atoms with van der Waals surface area (Å²) in [5.41, 5.74) is 6.12. The summed E-state index contributed by atoms with van der Waals surface area (Å²) < 4.78 is 15.8. The number of carbonyl (C=O) groups excluding carboxylic acids is 3. The van der Waals surface area contributed by atoms with Crippen LogP contribution < -0.4 is 11.1 Å². The number of rotatable bonds is 5. The number of primary amides is 1. The van der Waals surface area contributed by atoms with Gasteiger partial charge in [0.1, 0.15) is 12.6 Å². The number of nitrogens with one attached hydrogen (secondary N) is 1. The molecule has 2 aliphatic rings. The van der Waals surface area contributed by atoms with Gasteiger partial charge in [0.25, 0.3) is 5.91 Å². The Labute approximate surface area is 193 Å². The lowest BCUT2D eigenvalue weighted by Gasteiger charge is -2.34. The van der Waals surface area contributed by atoms with Crippen LogP contribution in [0.3, 0.4) is 0 Å². The Morgan fingerprint density at radius 1 is 1.15 bits per heavy atom. The zero-order valence-electron chi connectivity index (χ0n) is 17.5. The lowest BCUT2D eigenvalue weighted by Crippen LogP contribution is -2.52. The van der Waals surface area contributed by atoms with E-state index >= 15 is 0 Å². The van der Waals surface area contributed by atoms with E-state index in [-0.39, 0.29) is 40.8 Å². The first-order valence-corrected chi connectivity index (χ1v) is 11.0. The van der Waals surface area contributed by atoms with Crippen LogP contribution in [-0.4, -0.2) is 44.5 Å². The third-order valence-electron chi connectivity index (χ3n) is 6.53. The molecular weight excluding hydrogens is 449 g/mol. The van der Waals surface area contributed by atoms with Gasteiger partial charge < -0.3 is 16.0 Å². The quantitative estimate of drug-likeness (QED) is 0.598. The van der Waals surface area contributed by atoms with Crippen molar-refractivity contribution in [1.82, 2.24) is 14.7 Å². The molecule has 1 aliphatic heterocycles. The van der Waals surface area contributed by atoms with Gasteiger partial charge in [-0.15, -0.1) is 0 Å². The molecule has 33 heavy (non-hydrogen) atoms. The summed E-state index contributed by atoms with van der Waals surface area (Å²) in [5, 5.41) is 7.32. The highest BCUT2D eigenvalue weighted by atomic mass is 35.5. The van der Waals surface area contributed by atoms with Crippen molar-refractivity contribution in [3.63, 3.8) is 0 Å². The van der Waals surface area contributed by atoms with Crippen molar-refractivity contribution in [1.29, 1.82) is 0 Å². The number of nitrogens with zero attached hydrogens (tertiary/aromatic N) is 3. The molecule has 2 aromatic carbocycles.